The van der Waals surface area contributed by atoms with Crippen molar-refractivity contribution >= 4 is 41.3 Å². The Morgan fingerprint density at radius 3 is 1.45 bits per heavy atom. The van der Waals surface area contributed by atoms with Crippen molar-refractivity contribution in [3.05, 3.63) is 0 Å². The van der Waals surface area contributed by atoms with Crippen LogP contribution in [0.5, 0.6) is 0 Å². The molecule has 3 N–H and O–H groups in total. The fourth-order valence-corrected chi connectivity index (χ4v) is 0. The van der Waals surface area contributed by atoms with Crippen LogP contribution in [-0.4, -0.2) is 20.9 Å². The summed E-state index contributed by atoms with van der Waals surface area (Å²) in [6.45, 7) is 3.06. The van der Waals surface area contributed by atoms with Crippen molar-refractivity contribution in [3.63, 3.8) is 0 Å². The molecular formula is C5H10Cl3NO2. The Hall–Kier alpha value is 0.300. The average Bonchev–Trinajstić information content (AvgIpc) is 1.60. The maximum Gasteiger partial charge on any atom is 0.290 e. The normalized spacial score (nSPS) is 11.5. The fraction of sp³-hybridized carbons (Fsp3) is 0.800. The van der Waals surface area contributed by atoms with Crippen molar-refractivity contribution in [2.24, 2.45) is 5.73 Å². The van der Waals surface area contributed by atoms with Gasteiger partial charge in [-0.25, -0.2) is 0 Å². The number of halogens is 3. The molecule has 0 unspecified atom stereocenters. The first-order valence-electron chi connectivity index (χ1n) is 2.60. The summed E-state index contributed by atoms with van der Waals surface area (Å²) in [5, 5.41) is 6.89. The van der Waals surface area contributed by atoms with Gasteiger partial charge in [0.15, 0.2) is 0 Å². The predicted octanol–water partition coefficient (Wildman–Crippen LogP) is 1.79. The van der Waals surface area contributed by atoms with Crippen molar-refractivity contribution in [2.45, 2.75) is 23.2 Å². The van der Waals surface area contributed by atoms with E-state index >= 15 is 0 Å². The zero-order chi connectivity index (χ0) is 9.71. The van der Waals surface area contributed by atoms with Gasteiger partial charge >= 0.3 is 0 Å². The zero-order valence-corrected chi connectivity index (χ0v) is 8.41. The second-order valence-corrected chi connectivity index (χ2v) is 4.61. The molecule has 0 rings (SSSR count). The van der Waals surface area contributed by atoms with E-state index in [1.54, 1.807) is 13.8 Å². The number of rotatable bonds is 0. The Balaban J connectivity index is 0. The highest BCUT2D eigenvalue weighted by molar-refractivity contribution is 6.68. The molecule has 0 radical (unpaired) electrons. The molecule has 68 valence electrons. The van der Waals surface area contributed by atoms with E-state index in [0.717, 1.165) is 0 Å². The van der Waals surface area contributed by atoms with Crippen molar-refractivity contribution < 1.29 is 9.90 Å². The van der Waals surface area contributed by atoms with Crippen molar-refractivity contribution in [2.75, 3.05) is 0 Å². The Morgan fingerprint density at radius 1 is 1.36 bits per heavy atom. The number of carboxylic acid groups (broad SMARTS) is 1. The van der Waals surface area contributed by atoms with Gasteiger partial charge in [0.1, 0.15) is 0 Å². The van der Waals surface area contributed by atoms with Gasteiger partial charge in [-0.05, 0) is 13.8 Å². The molecule has 3 nitrogen and oxygen atoms in total. The Labute approximate surface area is 80.4 Å². The molecule has 0 aromatic heterocycles. The molecule has 0 aromatic carbocycles. The van der Waals surface area contributed by atoms with E-state index in [-0.39, 0.29) is 6.47 Å². The molecule has 0 spiro atoms. The predicted molar refractivity (Wildman–Crippen MR) is 47.2 cm³/mol. The molecule has 0 fully saturated rings. The van der Waals surface area contributed by atoms with Gasteiger partial charge < -0.3 is 10.8 Å². The standard InChI is InChI=1S/C4H8Cl3N.CH2O2/c1-3(2,8)4(5,6)7;2-1-3/h8H2,1-2H3;1H,(H,2,3). The van der Waals surface area contributed by atoms with Crippen LogP contribution in [-0.2, 0) is 4.79 Å². The number of hydrogen-bond donors (Lipinski definition) is 2. The second kappa shape index (κ2) is 5.04. The molecule has 6 heteroatoms. The third kappa shape index (κ3) is 8.20. The summed E-state index contributed by atoms with van der Waals surface area (Å²) < 4.78 is -1.37. The van der Waals surface area contributed by atoms with Crippen LogP contribution in [0.3, 0.4) is 0 Å². The Morgan fingerprint density at radius 2 is 1.45 bits per heavy atom. The molecular weight excluding hydrogens is 212 g/mol. The monoisotopic (exact) mass is 221 g/mol. The maximum absolute atomic E-state index is 8.36. The summed E-state index contributed by atoms with van der Waals surface area (Å²) in [5.74, 6) is 0. The highest BCUT2D eigenvalue weighted by atomic mass is 35.6. The van der Waals surface area contributed by atoms with E-state index in [2.05, 4.69) is 0 Å². The first-order valence-corrected chi connectivity index (χ1v) is 3.73. The minimum absolute atomic E-state index is 0.250. The largest absolute Gasteiger partial charge is 0.483 e. The lowest BCUT2D eigenvalue weighted by Gasteiger charge is -2.26. The molecule has 11 heavy (non-hydrogen) atoms. The Bertz CT molecular complexity index is 104. The number of hydrogen-bond acceptors (Lipinski definition) is 2. The molecule has 0 aromatic rings. The van der Waals surface area contributed by atoms with Gasteiger partial charge in [-0.1, -0.05) is 34.8 Å². The fourth-order valence-electron chi connectivity index (χ4n) is 0. The van der Waals surface area contributed by atoms with Gasteiger partial charge in [0.25, 0.3) is 6.47 Å². The minimum Gasteiger partial charge on any atom is -0.483 e. The third-order valence-electron chi connectivity index (χ3n) is 0.731. The van der Waals surface area contributed by atoms with Crippen LogP contribution >= 0.6 is 34.8 Å². The van der Waals surface area contributed by atoms with Gasteiger partial charge in [-0.3, -0.25) is 4.79 Å². The van der Waals surface area contributed by atoms with Crippen LogP contribution in [0, 0.1) is 0 Å². The SMILES string of the molecule is CC(C)(N)C(Cl)(Cl)Cl.O=CO. The zero-order valence-electron chi connectivity index (χ0n) is 6.14. The lowest BCUT2D eigenvalue weighted by molar-refractivity contribution is -0.122. The number of alkyl halides is 3. The summed E-state index contributed by atoms with van der Waals surface area (Å²) in [7, 11) is 0. The van der Waals surface area contributed by atoms with Crippen LogP contribution < -0.4 is 5.73 Å². The summed E-state index contributed by atoms with van der Waals surface area (Å²) in [6.07, 6.45) is 0. The smallest absolute Gasteiger partial charge is 0.290 e. The van der Waals surface area contributed by atoms with E-state index in [0.29, 0.717) is 0 Å². The lowest BCUT2D eigenvalue weighted by Crippen LogP contribution is -2.45. The molecule has 0 saturated heterocycles. The van der Waals surface area contributed by atoms with Crippen molar-refractivity contribution in [1.82, 2.24) is 0 Å². The van der Waals surface area contributed by atoms with E-state index in [1.165, 1.54) is 0 Å². The minimum atomic E-state index is -1.37. The summed E-state index contributed by atoms with van der Waals surface area (Å²) >= 11 is 16.2. The van der Waals surface area contributed by atoms with Crippen LogP contribution in [0.4, 0.5) is 0 Å². The molecule has 0 aliphatic carbocycles. The van der Waals surface area contributed by atoms with E-state index in [1.807, 2.05) is 0 Å². The van der Waals surface area contributed by atoms with Crippen LogP contribution in [0.25, 0.3) is 0 Å². The topological polar surface area (TPSA) is 63.3 Å². The summed E-state index contributed by atoms with van der Waals surface area (Å²) in [4.78, 5) is 8.36. The highest BCUT2D eigenvalue weighted by Gasteiger charge is 2.36. The van der Waals surface area contributed by atoms with Crippen LogP contribution in [0.2, 0.25) is 0 Å². The van der Waals surface area contributed by atoms with E-state index in [4.69, 9.17) is 50.4 Å². The molecule has 0 heterocycles. The van der Waals surface area contributed by atoms with Crippen molar-refractivity contribution in [3.8, 4) is 0 Å². The maximum atomic E-state index is 8.36. The first-order chi connectivity index (χ1) is 4.66. The number of carbonyl (C=O) groups is 1. The van der Waals surface area contributed by atoms with Gasteiger partial charge in [-0.15, -0.1) is 0 Å². The van der Waals surface area contributed by atoms with Gasteiger partial charge in [0, 0.05) is 0 Å². The molecule has 0 amide bonds. The van der Waals surface area contributed by atoms with Gasteiger partial charge in [0.2, 0.25) is 3.79 Å². The quantitative estimate of drug-likeness (QED) is 0.485. The molecule has 0 aliphatic rings. The number of nitrogens with two attached hydrogens (primary N) is 1. The lowest BCUT2D eigenvalue weighted by atomic mass is 10.1. The third-order valence-corrected chi connectivity index (χ3v) is 2.19. The molecule has 0 bridgehead atoms. The summed E-state index contributed by atoms with van der Waals surface area (Å²) in [5.41, 5.74) is 4.65. The summed E-state index contributed by atoms with van der Waals surface area (Å²) in [6, 6.07) is 0. The second-order valence-electron chi connectivity index (χ2n) is 2.32. The van der Waals surface area contributed by atoms with E-state index < -0.39 is 9.33 Å². The molecule has 0 saturated carbocycles. The average molecular weight is 222 g/mol. The van der Waals surface area contributed by atoms with Gasteiger partial charge in [0.05, 0.1) is 5.54 Å². The van der Waals surface area contributed by atoms with E-state index in [9.17, 15) is 0 Å². The van der Waals surface area contributed by atoms with Crippen LogP contribution in [0.1, 0.15) is 13.8 Å². The first kappa shape index (κ1) is 13.9. The highest BCUT2D eigenvalue weighted by Crippen LogP contribution is 2.35. The van der Waals surface area contributed by atoms with Crippen LogP contribution in [0.15, 0.2) is 0 Å². The van der Waals surface area contributed by atoms with Gasteiger partial charge in [-0.2, -0.15) is 0 Å². The Kier molecular flexibility index (Phi) is 6.35. The molecule has 0 aliphatic heterocycles. The van der Waals surface area contributed by atoms with Crippen molar-refractivity contribution in [1.29, 1.82) is 0 Å². The molecule has 0 atom stereocenters.